The monoisotopic (exact) mass is 296 g/mol. The molecule has 0 saturated carbocycles. The molecular formula is C18H20N2O2. The highest BCUT2D eigenvalue weighted by Gasteiger charge is 2.13. The van der Waals surface area contributed by atoms with Gasteiger partial charge in [0.1, 0.15) is 11.5 Å². The van der Waals surface area contributed by atoms with Crippen LogP contribution < -0.4 is 11.5 Å². The van der Waals surface area contributed by atoms with Gasteiger partial charge in [0.05, 0.1) is 11.4 Å². The number of anilines is 2. The fourth-order valence-electron chi connectivity index (χ4n) is 2.41. The maximum absolute atomic E-state index is 10.3. The summed E-state index contributed by atoms with van der Waals surface area (Å²) >= 11 is 0. The molecule has 2 aromatic carbocycles. The summed E-state index contributed by atoms with van der Waals surface area (Å²) in [7, 11) is 0. The summed E-state index contributed by atoms with van der Waals surface area (Å²) in [5.74, 6) is 0.0424. The zero-order chi connectivity index (χ0) is 16.3. The predicted octanol–water partition coefficient (Wildman–Crippen LogP) is 3.39. The van der Waals surface area contributed by atoms with Crippen molar-refractivity contribution in [3.05, 3.63) is 60.7 Å². The maximum Gasteiger partial charge on any atom is 0.146 e. The number of phenolic OH excluding ortho intramolecular Hbond substituents is 2. The standard InChI is InChI=1S/C18H20N2O2/c1-3-5-11-7-14(18(22)15(19)8-11)13-9-12(6-4-2)17(21)16(20)10-13/h3-4,7-10,21-22H,1-2,5-6,19-20H2. The highest BCUT2D eigenvalue weighted by molar-refractivity contribution is 5.81. The molecule has 0 unspecified atom stereocenters. The molecule has 0 heterocycles. The van der Waals surface area contributed by atoms with E-state index in [4.69, 9.17) is 11.5 Å². The molecule has 0 bridgehead atoms. The van der Waals surface area contributed by atoms with Crippen LogP contribution in [0.2, 0.25) is 0 Å². The first kappa shape index (κ1) is 15.5. The molecule has 0 aliphatic heterocycles. The minimum atomic E-state index is 0.00227. The van der Waals surface area contributed by atoms with Crippen molar-refractivity contribution in [2.75, 3.05) is 11.5 Å². The molecule has 0 aromatic heterocycles. The first-order valence-electron chi connectivity index (χ1n) is 6.92. The van der Waals surface area contributed by atoms with E-state index in [1.165, 1.54) is 0 Å². The maximum atomic E-state index is 10.3. The third kappa shape index (κ3) is 2.91. The van der Waals surface area contributed by atoms with Crippen molar-refractivity contribution in [2.45, 2.75) is 12.8 Å². The van der Waals surface area contributed by atoms with Crippen LogP contribution in [-0.4, -0.2) is 10.2 Å². The quantitative estimate of drug-likeness (QED) is 0.386. The van der Waals surface area contributed by atoms with E-state index in [9.17, 15) is 10.2 Å². The van der Waals surface area contributed by atoms with E-state index < -0.39 is 0 Å². The van der Waals surface area contributed by atoms with E-state index in [0.717, 1.165) is 5.56 Å². The summed E-state index contributed by atoms with van der Waals surface area (Å²) in [6.45, 7) is 7.37. The van der Waals surface area contributed by atoms with Crippen LogP contribution in [0.1, 0.15) is 11.1 Å². The summed E-state index contributed by atoms with van der Waals surface area (Å²) in [5, 5.41) is 20.2. The van der Waals surface area contributed by atoms with Gasteiger partial charge in [-0.3, -0.25) is 0 Å². The van der Waals surface area contributed by atoms with E-state index >= 15 is 0 Å². The second-order valence-electron chi connectivity index (χ2n) is 5.14. The van der Waals surface area contributed by atoms with Crippen molar-refractivity contribution >= 4 is 11.4 Å². The molecule has 22 heavy (non-hydrogen) atoms. The van der Waals surface area contributed by atoms with E-state index in [-0.39, 0.29) is 17.2 Å². The molecule has 0 fully saturated rings. The number of benzene rings is 2. The lowest BCUT2D eigenvalue weighted by atomic mass is 9.96. The number of aromatic hydroxyl groups is 2. The molecule has 2 aromatic rings. The first-order chi connectivity index (χ1) is 10.5. The van der Waals surface area contributed by atoms with Gasteiger partial charge in [-0.1, -0.05) is 12.2 Å². The molecule has 0 atom stereocenters. The Labute approximate surface area is 130 Å². The van der Waals surface area contributed by atoms with E-state index in [1.54, 1.807) is 30.4 Å². The van der Waals surface area contributed by atoms with Crippen LogP contribution in [0.25, 0.3) is 11.1 Å². The topological polar surface area (TPSA) is 92.5 Å². The molecule has 0 spiro atoms. The van der Waals surface area contributed by atoms with Crippen LogP contribution in [0.15, 0.2) is 49.6 Å². The Morgan fingerprint density at radius 1 is 0.864 bits per heavy atom. The first-order valence-corrected chi connectivity index (χ1v) is 6.92. The smallest absolute Gasteiger partial charge is 0.146 e. The number of nitrogens with two attached hydrogens (primary N) is 2. The van der Waals surface area contributed by atoms with Crippen molar-refractivity contribution in [3.63, 3.8) is 0 Å². The number of phenols is 2. The minimum Gasteiger partial charge on any atom is -0.505 e. The highest BCUT2D eigenvalue weighted by Crippen LogP contribution is 2.39. The number of rotatable bonds is 5. The molecule has 0 saturated heterocycles. The van der Waals surface area contributed by atoms with Crippen molar-refractivity contribution < 1.29 is 10.2 Å². The van der Waals surface area contributed by atoms with Gasteiger partial charge in [0, 0.05) is 11.1 Å². The van der Waals surface area contributed by atoms with Gasteiger partial charge in [0.15, 0.2) is 0 Å². The van der Waals surface area contributed by atoms with Gasteiger partial charge < -0.3 is 21.7 Å². The van der Waals surface area contributed by atoms with E-state index in [0.29, 0.717) is 35.2 Å². The van der Waals surface area contributed by atoms with Crippen LogP contribution >= 0.6 is 0 Å². The Hall–Kier alpha value is -2.88. The molecule has 4 nitrogen and oxygen atoms in total. The van der Waals surface area contributed by atoms with Crippen molar-refractivity contribution in [1.29, 1.82) is 0 Å². The van der Waals surface area contributed by atoms with Gasteiger partial charge in [-0.15, -0.1) is 13.2 Å². The zero-order valence-corrected chi connectivity index (χ0v) is 12.3. The molecule has 0 radical (unpaired) electrons. The fraction of sp³-hybridized carbons (Fsp3) is 0.111. The highest BCUT2D eigenvalue weighted by atomic mass is 16.3. The lowest BCUT2D eigenvalue weighted by Crippen LogP contribution is -1.96. The lowest BCUT2D eigenvalue weighted by molar-refractivity contribution is 0.472. The summed E-state index contributed by atoms with van der Waals surface area (Å²) in [6.07, 6.45) is 4.57. The fourth-order valence-corrected chi connectivity index (χ4v) is 2.41. The minimum absolute atomic E-state index is 0.00227. The largest absolute Gasteiger partial charge is 0.505 e. The molecule has 114 valence electrons. The van der Waals surface area contributed by atoms with Gasteiger partial charge in [-0.05, 0) is 48.2 Å². The van der Waals surface area contributed by atoms with Gasteiger partial charge >= 0.3 is 0 Å². The molecule has 2 rings (SSSR count). The summed E-state index contributed by atoms with van der Waals surface area (Å²) < 4.78 is 0. The average Bonchev–Trinajstić information content (AvgIpc) is 2.48. The van der Waals surface area contributed by atoms with Gasteiger partial charge in [-0.25, -0.2) is 0 Å². The third-order valence-electron chi connectivity index (χ3n) is 3.47. The van der Waals surface area contributed by atoms with Gasteiger partial charge in [0.25, 0.3) is 0 Å². The van der Waals surface area contributed by atoms with E-state index in [2.05, 4.69) is 13.2 Å². The molecular weight excluding hydrogens is 276 g/mol. The number of hydrogen-bond donors (Lipinski definition) is 4. The summed E-state index contributed by atoms with van der Waals surface area (Å²) in [5.41, 5.74) is 15.1. The van der Waals surface area contributed by atoms with Crippen LogP contribution in [0, 0.1) is 0 Å². The van der Waals surface area contributed by atoms with Crippen LogP contribution in [0.4, 0.5) is 11.4 Å². The molecule has 0 aliphatic carbocycles. The van der Waals surface area contributed by atoms with Gasteiger partial charge in [-0.2, -0.15) is 0 Å². The predicted molar refractivity (Wildman–Crippen MR) is 91.8 cm³/mol. The Kier molecular flexibility index (Phi) is 4.41. The van der Waals surface area contributed by atoms with Crippen molar-refractivity contribution in [3.8, 4) is 22.6 Å². The second-order valence-corrected chi connectivity index (χ2v) is 5.14. The SMILES string of the molecule is C=CCc1cc(N)c(O)c(-c2cc(N)c(O)c(CC=C)c2)c1. The number of hydrogen-bond acceptors (Lipinski definition) is 4. The van der Waals surface area contributed by atoms with Crippen LogP contribution in [0.3, 0.4) is 0 Å². The summed E-state index contributed by atoms with van der Waals surface area (Å²) in [6, 6.07) is 6.96. The summed E-state index contributed by atoms with van der Waals surface area (Å²) in [4.78, 5) is 0. The van der Waals surface area contributed by atoms with Crippen LogP contribution in [-0.2, 0) is 12.8 Å². The van der Waals surface area contributed by atoms with Crippen LogP contribution in [0.5, 0.6) is 11.5 Å². The normalized spacial score (nSPS) is 10.4. The molecule has 4 heteroatoms. The van der Waals surface area contributed by atoms with Crippen molar-refractivity contribution in [1.82, 2.24) is 0 Å². The van der Waals surface area contributed by atoms with E-state index in [1.807, 2.05) is 6.07 Å². The Morgan fingerprint density at radius 3 is 2.14 bits per heavy atom. The molecule has 0 aliphatic rings. The number of allylic oxidation sites excluding steroid dienone is 2. The van der Waals surface area contributed by atoms with Crippen molar-refractivity contribution in [2.24, 2.45) is 0 Å². The average molecular weight is 296 g/mol. The van der Waals surface area contributed by atoms with Gasteiger partial charge in [0.2, 0.25) is 0 Å². The zero-order valence-electron chi connectivity index (χ0n) is 12.3. The molecule has 0 amide bonds. The Bertz CT molecular complexity index is 736. The Balaban J connectivity index is 2.65. The molecule has 6 N–H and O–H groups in total. The second kappa shape index (κ2) is 6.26. The third-order valence-corrected chi connectivity index (χ3v) is 3.47. The lowest BCUT2D eigenvalue weighted by Gasteiger charge is -2.13. The Morgan fingerprint density at radius 2 is 1.50 bits per heavy atom. The number of nitrogen functional groups attached to an aromatic ring is 2.